The zero-order chi connectivity index (χ0) is 11.7. The van der Waals surface area contributed by atoms with Gasteiger partial charge in [0.05, 0.1) is 0 Å². The van der Waals surface area contributed by atoms with E-state index in [0.29, 0.717) is 6.04 Å². The highest BCUT2D eigenvalue weighted by molar-refractivity contribution is 4.66. The van der Waals surface area contributed by atoms with Crippen molar-refractivity contribution < 1.29 is 0 Å². The maximum atomic E-state index is 3.53. The molecule has 0 saturated carbocycles. The Labute approximate surface area is 97.0 Å². The van der Waals surface area contributed by atoms with E-state index in [1.807, 2.05) is 0 Å². The second-order valence-electron chi connectivity index (χ2n) is 5.37. The Morgan fingerprint density at radius 1 is 0.867 bits per heavy atom. The lowest BCUT2D eigenvalue weighted by Crippen LogP contribution is -2.30. The molecule has 1 nitrogen and oxygen atoms in total. The summed E-state index contributed by atoms with van der Waals surface area (Å²) in [6.07, 6.45) is 7.00. The Morgan fingerprint density at radius 2 is 1.53 bits per heavy atom. The Bertz CT molecular complexity index is 131. The summed E-state index contributed by atoms with van der Waals surface area (Å²) < 4.78 is 0. The van der Waals surface area contributed by atoms with E-state index >= 15 is 0 Å². The van der Waals surface area contributed by atoms with Crippen LogP contribution in [-0.2, 0) is 0 Å². The summed E-state index contributed by atoms with van der Waals surface area (Å²) in [7, 11) is 0. The summed E-state index contributed by atoms with van der Waals surface area (Å²) >= 11 is 0. The molecule has 0 spiro atoms. The number of hydrogen-bond donors (Lipinski definition) is 1. The van der Waals surface area contributed by atoms with Crippen LogP contribution in [0.15, 0.2) is 0 Å². The van der Waals surface area contributed by atoms with E-state index < -0.39 is 0 Å². The van der Waals surface area contributed by atoms with E-state index in [1.165, 1.54) is 38.6 Å². The van der Waals surface area contributed by atoms with Gasteiger partial charge in [-0.1, -0.05) is 66.7 Å². The first-order chi connectivity index (χ1) is 7.07. The molecule has 0 saturated heterocycles. The van der Waals surface area contributed by atoms with Crippen LogP contribution >= 0.6 is 0 Å². The lowest BCUT2D eigenvalue weighted by atomic mass is 9.90. The van der Waals surface area contributed by atoms with Gasteiger partial charge < -0.3 is 5.32 Å². The average molecular weight is 213 g/mol. The van der Waals surface area contributed by atoms with Crippen LogP contribution in [0.1, 0.15) is 66.7 Å². The molecule has 0 amide bonds. The Morgan fingerprint density at radius 3 is 2.07 bits per heavy atom. The minimum atomic E-state index is 0.625. The molecule has 0 aromatic rings. The Hall–Kier alpha value is -0.0400. The van der Waals surface area contributed by atoms with Gasteiger partial charge in [0, 0.05) is 6.04 Å². The van der Waals surface area contributed by atoms with Gasteiger partial charge in [-0.2, -0.15) is 0 Å². The molecule has 92 valence electrons. The summed E-state index contributed by atoms with van der Waals surface area (Å²) in [4.78, 5) is 0. The van der Waals surface area contributed by atoms with Crippen molar-refractivity contribution in [1.82, 2.24) is 5.32 Å². The summed E-state index contributed by atoms with van der Waals surface area (Å²) in [5.41, 5.74) is 0. The summed E-state index contributed by atoms with van der Waals surface area (Å²) in [6, 6.07) is 0.625. The van der Waals surface area contributed by atoms with Crippen molar-refractivity contribution in [2.45, 2.75) is 72.8 Å². The molecular formula is C14H31N. The van der Waals surface area contributed by atoms with Crippen molar-refractivity contribution in [3.8, 4) is 0 Å². The Balaban J connectivity index is 3.46. The van der Waals surface area contributed by atoms with Crippen LogP contribution in [0.2, 0.25) is 0 Å². The SMILES string of the molecule is CCCCCCC(C)C(C)CNC(C)C. The number of unbranched alkanes of at least 4 members (excludes halogenated alkanes) is 3. The van der Waals surface area contributed by atoms with Gasteiger partial charge >= 0.3 is 0 Å². The third-order valence-electron chi connectivity index (χ3n) is 3.33. The first-order valence-electron chi connectivity index (χ1n) is 6.81. The van der Waals surface area contributed by atoms with E-state index in [1.54, 1.807) is 0 Å². The van der Waals surface area contributed by atoms with Crippen LogP contribution in [0.4, 0.5) is 0 Å². The van der Waals surface area contributed by atoms with Gasteiger partial charge in [0.15, 0.2) is 0 Å². The second kappa shape index (κ2) is 9.21. The van der Waals surface area contributed by atoms with Crippen LogP contribution < -0.4 is 5.32 Å². The average Bonchev–Trinajstić information content (AvgIpc) is 2.20. The minimum Gasteiger partial charge on any atom is -0.314 e. The van der Waals surface area contributed by atoms with Gasteiger partial charge in [0.2, 0.25) is 0 Å². The highest BCUT2D eigenvalue weighted by Crippen LogP contribution is 2.18. The topological polar surface area (TPSA) is 12.0 Å². The van der Waals surface area contributed by atoms with Gasteiger partial charge in [0.25, 0.3) is 0 Å². The van der Waals surface area contributed by atoms with Crippen molar-refractivity contribution in [3.05, 3.63) is 0 Å². The third kappa shape index (κ3) is 8.92. The number of hydrogen-bond acceptors (Lipinski definition) is 1. The standard InChI is InChI=1S/C14H31N/c1-6-7-8-9-10-13(4)14(5)11-15-12(2)3/h12-15H,6-11H2,1-5H3. The molecule has 0 bridgehead atoms. The fourth-order valence-corrected chi connectivity index (χ4v) is 1.80. The van der Waals surface area contributed by atoms with Gasteiger partial charge in [-0.05, 0) is 18.4 Å². The molecule has 1 heteroatoms. The molecule has 15 heavy (non-hydrogen) atoms. The molecule has 0 aliphatic heterocycles. The van der Waals surface area contributed by atoms with E-state index in [9.17, 15) is 0 Å². The molecule has 0 heterocycles. The molecule has 1 N–H and O–H groups in total. The normalized spacial score (nSPS) is 15.6. The van der Waals surface area contributed by atoms with Crippen LogP contribution in [0, 0.1) is 11.8 Å². The van der Waals surface area contributed by atoms with E-state index in [-0.39, 0.29) is 0 Å². The molecule has 0 fully saturated rings. The monoisotopic (exact) mass is 213 g/mol. The van der Waals surface area contributed by atoms with Gasteiger partial charge in [0.1, 0.15) is 0 Å². The quantitative estimate of drug-likeness (QED) is 0.565. The lowest BCUT2D eigenvalue weighted by molar-refractivity contribution is 0.328. The highest BCUT2D eigenvalue weighted by atomic mass is 14.9. The maximum absolute atomic E-state index is 3.53. The molecule has 0 radical (unpaired) electrons. The van der Waals surface area contributed by atoms with Gasteiger partial charge in [-0.15, -0.1) is 0 Å². The Kier molecular flexibility index (Phi) is 9.18. The van der Waals surface area contributed by atoms with E-state index in [2.05, 4.69) is 39.9 Å². The zero-order valence-corrected chi connectivity index (χ0v) is 11.5. The van der Waals surface area contributed by atoms with Crippen LogP contribution in [0.25, 0.3) is 0 Å². The molecule has 2 unspecified atom stereocenters. The van der Waals surface area contributed by atoms with Crippen molar-refractivity contribution in [2.24, 2.45) is 11.8 Å². The third-order valence-corrected chi connectivity index (χ3v) is 3.33. The van der Waals surface area contributed by atoms with Crippen molar-refractivity contribution >= 4 is 0 Å². The van der Waals surface area contributed by atoms with Crippen LogP contribution in [-0.4, -0.2) is 12.6 Å². The zero-order valence-electron chi connectivity index (χ0n) is 11.5. The molecule has 0 aliphatic carbocycles. The predicted octanol–water partition coefficient (Wildman–Crippen LogP) is 4.23. The second-order valence-corrected chi connectivity index (χ2v) is 5.37. The highest BCUT2D eigenvalue weighted by Gasteiger charge is 2.11. The van der Waals surface area contributed by atoms with E-state index in [0.717, 1.165) is 11.8 Å². The maximum Gasteiger partial charge on any atom is 0.00104 e. The summed E-state index contributed by atoms with van der Waals surface area (Å²) in [5, 5.41) is 3.53. The minimum absolute atomic E-state index is 0.625. The molecule has 2 atom stereocenters. The van der Waals surface area contributed by atoms with E-state index in [4.69, 9.17) is 0 Å². The van der Waals surface area contributed by atoms with Crippen LogP contribution in [0.5, 0.6) is 0 Å². The lowest BCUT2D eigenvalue weighted by Gasteiger charge is -2.21. The largest absolute Gasteiger partial charge is 0.314 e. The van der Waals surface area contributed by atoms with Crippen LogP contribution in [0.3, 0.4) is 0 Å². The number of nitrogens with one attached hydrogen (secondary N) is 1. The van der Waals surface area contributed by atoms with Crippen molar-refractivity contribution in [3.63, 3.8) is 0 Å². The van der Waals surface area contributed by atoms with Gasteiger partial charge in [-0.25, -0.2) is 0 Å². The smallest absolute Gasteiger partial charge is 0.00104 e. The van der Waals surface area contributed by atoms with Crippen molar-refractivity contribution in [2.75, 3.05) is 6.54 Å². The first kappa shape index (κ1) is 15.0. The van der Waals surface area contributed by atoms with Crippen molar-refractivity contribution in [1.29, 1.82) is 0 Å². The number of rotatable bonds is 9. The molecule has 0 rings (SSSR count). The molecule has 0 aromatic carbocycles. The summed E-state index contributed by atoms with van der Waals surface area (Å²) in [5.74, 6) is 1.68. The predicted molar refractivity (Wildman–Crippen MR) is 70.2 cm³/mol. The first-order valence-corrected chi connectivity index (χ1v) is 6.81. The fraction of sp³-hybridized carbons (Fsp3) is 1.00. The van der Waals surface area contributed by atoms with Gasteiger partial charge in [-0.3, -0.25) is 0 Å². The molecule has 0 aromatic heterocycles. The molecular weight excluding hydrogens is 182 g/mol. The molecule has 0 aliphatic rings. The summed E-state index contributed by atoms with van der Waals surface area (Å²) in [6.45, 7) is 12.7. The fourth-order valence-electron chi connectivity index (χ4n) is 1.80.